The van der Waals surface area contributed by atoms with Gasteiger partial charge in [0, 0.05) is 26.4 Å². The van der Waals surface area contributed by atoms with E-state index in [1.54, 1.807) is 0 Å². The van der Waals surface area contributed by atoms with Crippen molar-refractivity contribution in [1.29, 1.82) is 0 Å². The number of hydrogen-bond acceptors (Lipinski definition) is 4. The minimum absolute atomic E-state index is 0.777. The van der Waals surface area contributed by atoms with Gasteiger partial charge in [-0.15, -0.1) is 0 Å². The van der Waals surface area contributed by atoms with E-state index in [9.17, 15) is 0 Å². The SMILES string of the molecule is C1C[C+]2CCO[B-]2([B-]23OCC[C+]2CCO3)O1. The van der Waals surface area contributed by atoms with Crippen LogP contribution >= 0.6 is 0 Å². The van der Waals surface area contributed by atoms with Gasteiger partial charge in [-0.3, -0.25) is 0 Å². The van der Waals surface area contributed by atoms with E-state index in [-0.39, 0.29) is 0 Å². The lowest BCUT2D eigenvalue weighted by Crippen LogP contribution is -2.68. The third-order valence-electron chi connectivity index (χ3n) is 4.87. The summed E-state index contributed by atoms with van der Waals surface area (Å²) in [5.41, 5.74) is 0. The fourth-order valence-electron chi connectivity index (χ4n) is 4.21. The molecule has 0 aromatic carbocycles. The van der Waals surface area contributed by atoms with Gasteiger partial charge in [0.2, 0.25) is 0 Å². The molecule has 0 atom stereocenters. The van der Waals surface area contributed by atoms with Gasteiger partial charge in [0.15, 0.2) is 0 Å². The molecule has 4 nitrogen and oxygen atoms in total. The summed E-state index contributed by atoms with van der Waals surface area (Å²) in [6.07, 6.45) is 1.34. The summed E-state index contributed by atoms with van der Waals surface area (Å²) < 4.78 is 24.1. The molecule has 0 bridgehead atoms. The molecule has 0 unspecified atom stereocenters. The van der Waals surface area contributed by atoms with E-state index in [2.05, 4.69) is 0 Å². The molecule has 6 heteroatoms. The van der Waals surface area contributed by atoms with Crippen molar-refractivity contribution >= 4 is 12.9 Å². The van der Waals surface area contributed by atoms with Gasteiger partial charge < -0.3 is 18.6 Å². The zero-order valence-corrected chi connectivity index (χ0v) is 9.44. The maximum Gasteiger partial charge on any atom is 0.412 e. The Morgan fingerprint density at radius 3 is 1.19 bits per heavy atom. The zero-order valence-electron chi connectivity index (χ0n) is 9.44. The first-order valence-corrected chi connectivity index (χ1v) is 6.42. The van der Waals surface area contributed by atoms with Crippen LogP contribution in [0.25, 0.3) is 0 Å². The summed E-state index contributed by atoms with van der Waals surface area (Å²) in [6, 6.07) is 0. The molecular formula is C10H16B2O4. The lowest BCUT2D eigenvalue weighted by atomic mass is 9.08. The van der Waals surface area contributed by atoms with E-state index >= 15 is 0 Å². The molecule has 86 valence electrons. The highest BCUT2D eigenvalue weighted by Gasteiger charge is 2.76. The van der Waals surface area contributed by atoms with Crippen molar-refractivity contribution in [2.45, 2.75) is 25.7 Å². The lowest BCUT2D eigenvalue weighted by Gasteiger charge is -2.42. The van der Waals surface area contributed by atoms with Crippen LogP contribution in [0.3, 0.4) is 0 Å². The van der Waals surface area contributed by atoms with Crippen LogP contribution < -0.4 is 0 Å². The Balaban J connectivity index is 1.77. The molecule has 4 aliphatic heterocycles. The Morgan fingerprint density at radius 2 is 0.875 bits per heavy atom. The predicted octanol–water partition coefficient (Wildman–Crippen LogP) is 0.858. The van der Waals surface area contributed by atoms with Crippen molar-refractivity contribution in [2.75, 3.05) is 26.4 Å². The molecule has 0 aromatic heterocycles. The van der Waals surface area contributed by atoms with Gasteiger partial charge in [0.25, 0.3) is 0 Å². The summed E-state index contributed by atoms with van der Waals surface area (Å²) in [5.74, 6) is 2.84. The second-order valence-electron chi connectivity index (χ2n) is 5.34. The van der Waals surface area contributed by atoms with Crippen molar-refractivity contribution in [1.82, 2.24) is 0 Å². The van der Waals surface area contributed by atoms with Crippen molar-refractivity contribution in [3.05, 3.63) is 11.6 Å². The van der Waals surface area contributed by atoms with Crippen LogP contribution in [0.1, 0.15) is 25.7 Å². The van der Waals surface area contributed by atoms with Gasteiger partial charge in [0.05, 0.1) is 25.7 Å². The molecule has 0 spiro atoms. The molecule has 0 amide bonds. The maximum atomic E-state index is 6.01. The highest BCUT2D eigenvalue weighted by Crippen LogP contribution is 2.53. The minimum Gasteiger partial charge on any atom is -0.544 e. The fourth-order valence-corrected chi connectivity index (χ4v) is 4.21. The van der Waals surface area contributed by atoms with Crippen LogP contribution in [0.2, 0.25) is 0 Å². The van der Waals surface area contributed by atoms with Crippen LogP contribution in [-0.4, -0.2) is 39.3 Å². The van der Waals surface area contributed by atoms with Crippen molar-refractivity contribution in [2.24, 2.45) is 0 Å². The van der Waals surface area contributed by atoms with Crippen LogP contribution in [0.15, 0.2) is 0 Å². The first-order valence-electron chi connectivity index (χ1n) is 6.42. The van der Waals surface area contributed by atoms with Gasteiger partial charge in [-0.25, -0.2) is 0 Å². The van der Waals surface area contributed by atoms with Crippen LogP contribution in [0, 0.1) is 11.6 Å². The Bertz CT molecular complexity index is 261. The van der Waals surface area contributed by atoms with E-state index < -0.39 is 12.9 Å². The Morgan fingerprint density at radius 1 is 0.562 bits per heavy atom. The van der Waals surface area contributed by atoms with Gasteiger partial charge in [0.1, 0.15) is 0 Å². The molecule has 4 fully saturated rings. The van der Waals surface area contributed by atoms with Crippen molar-refractivity contribution < 1.29 is 18.6 Å². The second kappa shape index (κ2) is 3.13. The molecule has 0 aromatic rings. The van der Waals surface area contributed by atoms with E-state index in [4.69, 9.17) is 18.6 Å². The van der Waals surface area contributed by atoms with Crippen LogP contribution in [0.5, 0.6) is 0 Å². The molecule has 0 saturated carbocycles. The molecular weight excluding hydrogens is 206 g/mol. The first-order chi connectivity index (χ1) is 7.87. The van der Waals surface area contributed by atoms with Crippen LogP contribution in [0.4, 0.5) is 0 Å². The fraction of sp³-hybridized carbons (Fsp3) is 0.800. The molecule has 0 aliphatic carbocycles. The maximum absolute atomic E-state index is 6.01. The average Bonchev–Trinajstić information content (AvgIpc) is 2.94. The highest BCUT2D eigenvalue weighted by atomic mass is 16.7. The van der Waals surface area contributed by atoms with Gasteiger partial charge >= 0.3 is 12.9 Å². The lowest BCUT2D eigenvalue weighted by molar-refractivity contribution is 0.181. The van der Waals surface area contributed by atoms with E-state index in [1.165, 1.54) is 11.6 Å². The minimum atomic E-state index is -1.39. The van der Waals surface area contributed by atoms with Crippen molar-refractivity contribution in [3.8, 4) is 0 Å². The number of rotatable bonds is 1. The van der Waals surface area contributed by atoms with E-state index in [0.717, 1.165) is 52.1 Å². The number of hydrogen-bond donors (Lipinski definition) is 0. The van der Waals surface area contributed by atoms with E-state index in [0.29, 0.717) is 0 Å². The van der Waals surface area contributed by atoms with Crippen molar-refractivity contribution in [3.63, 3.8) is 0 Å². The summed E-state index contributed by atoms with van der Waals surface area (Å²) in [7, 11) is 0. The Hall–Kier alpha value is -0.290. The summed E-state index contributed by atoms with van der Waals surface area (Å²) >= 11 is 0. The van der Waals surface area contributed by atoms with Gasteiger partial charge in [-0.05, 0) is 0 Å². The summed E-state index contributed by atoms with van der Waals surface area (Å²) in [6.45, 7) is 3.11. The number of fused-ring (bicyclic) bond motifs is 3. The Kier molecular flexibility index (Phi) is 1.90. The normalized spacial score (nSPS) is 34.5. The summed E-state index contributed by atoms with van der Waals surface area (Å²) in [4.78, 5) is 0. The largest absolute Gasteiger partial charge is 0.544 e. The quantitative estimate of drug-likeness (QED) is 0.486. The molecule has 0 radical (unpaired) electrons. The standard InChI is InChI=1S/C10H16B2O4/c1-5-13-11(9(1)2-6-14-11)12-10(3-7-15-12)4-8-16-12/h1-8H2. The predicted molar refractivity (Wildman–Crippen MR) is 60.3 cm³/mol. The molecule has 4 rings (SSSR count). The molecule has 4 saturated heterocycles. The third-order valence-corrected chi connectivity index (χ3v) is 4.87. The molecule has 4 aliphatic rings. The average molecular weight is 222 g/mol. The van der Waals surface area contributed by atoms with Crippen LogP contribution in [-0.2, 0) is 18.6 Å². The summed E-state index contributed by atoms with van der Waals surface area (Å²) in [5, 5.41) is 0. The Labute approximate surface area is 95.9 Å². The van der Waals surface area contributed by atoms with Gasteiger partial charge in [-0.1, -0.05) is 11.6 Å². The van der Waals surface area contributed by atoms with E-state index in [1.807, 2.05) is 0 Å². The third kappa shape index (κ3) is 0.933. The highest BCUT2D eigenvalue weighted by molar-refractivity contribution is 7.37. The zero-order chi connectivity index (χ0) is 10.6. The second-order valence-corrected chi connectivity index (χ2v) is 5.34. The smallest absolute Gasteiger partial charge is 0.412 e. The van der Waals surface area contributed by atoms with Gasteiger partial charge in [-0.2, -0.15) is 0 Å². The molecule has 4 heterocycles. The topological polar surface area (TPSA) is 36.9 Å². The molecule has 16 heavy (non-hydrogen) atoms. The first kappa shape index (κ1) is 9.71. The monoisotopic (exact) mass is 222 g/mol. The molecule has 0 N–H and O–H groups in total.